The molecule has 0 saturated carbocycles. The summed E-state index contributed by atoms with van der Waals surface area (Å²) in [6.07, 6.45) is 4.55. The maximum Gasteiger partial charge on any atom is 0.318 e. The van der Waals surface area contributed by atoms with E-state index in [-0.39, 0.29) is 11.5 Å². The third kappa shape index (κ3) is 4.60. The third-order valence-electron chi connectivity index (χ3n) is 10.1. The van der Waals surface area contributed by atoms with Crippen LogP contribution in [0, 0.1) is 11.3 Å². The Morgan fingerprint density at radius 2 is 2.12 bits per heavy atom. The van der Waals surface area contributed by atoms with Gasteiger partial charge in [-0.1, -0.05) is 18.5 Å². The lowest BCUT2D eigenvalue weighted by molar-refractivity contribution is -0.0873. The molecule has 2 aromatic rings. The van der Waals surface area contributed by atoms with Crippen LogP contribution >= 0.6 is 11.6 Å². The first kappa shape index (κ1) is 28.1. The van der Waals surface area contributed by atoms with Crippen molar-refractivity contribution in [3.8, 4) is 12.1 Å². The fourth-order valence-corrected chi connectivity index (χ4v) is 8.45. The average molecular weight is 597 g/mol. The molecule has 1 aromatic heterocycles. The zero-order chi connectivity index (χ0) is 29.1. The van der Waals surface area contributed by atoms with Crippen molar-refractivity contribution in [2.24, 2.45) is 0 Å². The van der Waals surface area contributed by atoms with Gasteiger partial charge < -0.3 is 24.8 Å². The van der Waals surface area contributed by atoms with Crippen LogP contribution in [0.25, 0.3) is 0 Å². The minimum absolute atomic E-state index is 0.173. The summed E-state index contributed by atoms with van der Waals surface area (Å²) in [6.45, 7) is 7.01. The highest BCUT2D eigenvalue weighted by Crippen LogP contribution is 2.53. The Morgan fingerprint density at radius 1 is 1.24 bits per heavy atom. The van der Waals surface area contributed by atoms with Crippen molar-refractivity contribution < 1.29 is 18.6 Å². The van der Waals surface area contributed by atoms with Crippen molar-refractivity contribution in [2.75, 3.05) is 56.6 Å². The second kappa shape index (κ2) is 10.8. The highest BCUT2D eigenvalue weighted by atomic mass is 35.5. The van der Waals surface area contributed by atoms with Gasteiger partial charge in [-0.05, 0) is 56.2 Å². The predicted molar refractivity (Wildman–Crippen MR) is 157 cm³/mol. The third-order valence-corrected chi connectivity index (χ3v) is 10.5. The highest BCUT2D eigenvalue weighted by Gasteiger charge is 2.50. The number of fused-ring (bicyclic) bond motifs is 4. The lowest BCUT2D eigenvalue weighted by Gasteiger charge is -2.45. The lowest BCUT2D eigenvalue weighted by Crippen LogP contribution is -2.44. The van der Waals surface area contributed by atoms with E-state index in [1.54, 1.807) is 6.07 Å². The molecule has 5 heterocycles. The zero-order valence-corrected chi connectivity index (χ0v) is 24.9. The number of benzene rings is 1. The molecular weight excluding hydrogens is 559 g/mol. The Hall–Kier alpha value is -2.71. The summed E-state index contributed by atoms with van der Waals surface area (Å²) in [4.78, 5) is 14.4. The number of nitrogen functional groups attached to an aromatic ring is 1. The van der Waals surface area contributed by atoms with E-state index in [1.165, 1.54) is 0 Å². The Morgan fingerprint density at radius 3 is 2.98 bits per heavy atom. The summed E-state index contributed by atoms with van der Waals surface area (Å²) < 4.78 is 33.4. The maximum absolute atomic E-state index is 14.5. The number of alkyl halides is 1. The first-order valence-electron chi connectivity index (χ1n) is 15.2. The second-order valence-electron chi connectivity index (χ2n) is 12.7. The summed E-state index contributed by atoms with van der Waals surface area (Å²) in [5.74, 6) is 0.980. The van der Waals surface area contributed by atoms with Crippen LogP contribution < -0.4 is 15.4 Å². The van der Waals surface area contributed by atoms with Crippen LogP contribution in [0.2, 0.25) is 5.02 Å². The number of nitriles is 1. The van der Waals surface area contributed by atoms with Gasteiger partial charge in [-0.3, -0.25) is 4.90 Å². The Balaban J connectivity index is 1.29. The summed E-state index contributed by atoms with van der Waals surface area (Å²) in [5.41, 5.74) is 9.59. The quantitative estimate of drug-likeness (QED) is 0.505. The number of rotatable bonds is 4. The fourth-order valence-electron chi connectivity index (χ4n) is 8.05. The van der Waals surface area contributed by atoms with Crippen molar-refractivity contribution >= 4 is 23.1 Å². The molecule has 7 rings (SSSR count). The molecule has 1 spiro atoms. The molecule has 42 heavy (non-hydrogen) atoms. The molecule has 4 aliphatic heterocycles. The van der Waals surface area contributed by atoms with Crippen molar-refractivity contribution in [3.63, 3.8) is 0 Å². The molecule has 0 radical (unpaired) electrons. The molecule has 2 N–H and O–H groups in total. The van der Waals surface area contributed by atoms with Gasteiger partial charge in [-0.25, -0.2) is 4.39 Å². The average Bonchev–Trinajstić information content (AvgIpc) is 3.35. The number of anilines is 2. The molecule has 3 fully saturated rings. The van der Waals surface area contributed by atoms with E-state index in [0.717, 1.165) is 73.4 Å². The van der Waals surface area contributed by atoms with Crippen LogP contribution in [0.1, 0.15) is 79.3 Å². The predicted octanol–water partition coefficient (Wildman–Crippen LogP) is 4.63. The number of halogens is 2. The molecule has 11 heteroatoms. The molecule has 4 atom stereocenters. The Labute approximate surface area is 251 Å². The van der Waals surface area contributed by atoms with Crippen molar-refractivity contribution in [1.82, 2.24) is 14.9 Å². The normalized spacial score (nSPS) is 30.9. The summed E-state index contributed by atoms with van der Waals surface area (Å²) in [5, 5.41) is 10.8. The van der Waals surface area contributed by atoms with Crippen LogP contribution in [0.15, 0.2) is 6.07 Å². The highest BCUT2D eigenvalue weighted by molar-refractivity contribution is 6.32. The standard InChI is InChI=1S/C31H38ClFN6O3/c1-19-4-6-31(27-21(15-34)24(35)12-23(32)26(19)27)14-25-22(17-42-31)28(38-7-3-10-40-11-9-38)37-29(36-25)41-18-30-5-2-8-39(30)16-20(33)13-30/h12,19-20H,2-11,13-14,16-18,35H2,1H3/t19-,20+,30+,31-/m0/s1. The van der Waals surface area contributed by atoms with E-state index in [4.69, 9.17) is 41.5 Å². The first-order chi connectivity index (χ1) is 20.3. The molecule has 224 valence electrons. The minimum Gasteiger partial charge on any atom is -0.461 e. The van der Waals surface area contributed by atoms with Gasteiger partial charge in [0, 0.05) is 55.2 Å². The molecule has 0 unspecified atom stereocenters. The molecular formula is C31H38ClFN6O3. The van der Waals surface area contributed by atoms with Crippen molar-refractivity contribution in [1.29, 1.82) is 5.26 Å². The number of aromatic nitrogens is 2. The van der Waals surface area contributed by atoms with Gasteiger partial charge in [0.15, 0.2) is 0 Å². The van der Waals surface area contributed by atoms with Crippen LogP contribution in [-0.4, -0.2) is 72.6 Å². The molecule has 0 amide bonds. The minimum atomic E-state index is -0.828. The maximum atomic E-state index is 14.5. The topological polar surface area (TPSA) is 110 Å². The van der Waals surface area contributed by atoms with E-state index >= 15 is 0 Å². The van der Waals surface area contributed by atoms with Crippen LogP contribution in [0.4, 0.5) is 15.9 Å². The molecule has 9 nitrogen and oxygen atoms in total. The second-order valence-corrected chi connectivity index (χ2v) is 13.1. The van der Waals surface area contributed by atoms with E-state index < -0.39 is 11.8 Å². The molecule has 1 aromatic carbocycles. The van der Waals surface area contributed by atoms with Crippen LogP contribution in [0.5, 0.6) is 6.01 Å². The molecule has 5 aliphatic rings. The van der Waals surface area contributed by atoms with E-state index in [1.807, 2.05) is 0 Å². The van der Waals surface area contributed by atoms with Gasteiger partial charge in [-0.2, -0.15) is 15.2 Å². The first-order valence-corrected chi connectivity index (χ1v) is 15.6. The van der Waals surface area contributed by atoms with Crippen molar-refractivity contribution in [2.45, 2.75) is 81.7 Å². The summed E-state index contributed by atoms with van der Waals surface area (Å²) >= 11 is 6.76. The number of nitrogens with zero attached hydrogens (tertiary/aromatic N) is 5. The smallest absolute Gasteiger partial charge is 0.318 e. The van der Waals surface area contributed by atoms with Gasteiger partial charge in [0.05, 0.1) is 35.7 Å². The van der Waals surface area contributed by atoms with E-state index in [2.05, 4.69) is 22.8 Å². The zero-order valence-electron chi connectivity index (χ0n) is 24.1. The Kier molecular flexibility index (Phi) is 7.21. The van der Waals surface area contributed by atoms with Gasteiger partial charge in [0.2, 0.25) is 0 Å². The molecule has 3 saturated heterocycles. The SMILES string of the molecule is C[C@H]1CC[C@]2(Cc3nc(OC[C@]45CCCN4C[C@H](F)C5)nc(N4CCCOCC4)c3CO2)c2c(C#N)c(N)cc(Cl)c21. The van der Waals surface area contributed by atoms with Gasteiger partial charge in [0.25, 0.3) is 0 Å². The van der Waals surface area contributed by atoms with Gasteiger partial charge in [-0.15, -0.1) is 0 Å². The summed E-state index contributed by atoms with van der Waals surface area (Å²) in [7, 11) is 0. The lowest BCUT2D eigenvalue weighted by atomic mass is 9.69. The van der Waals surface area contributed by atoms with E-state index in [0.29, 0.717) is 74.6 Å². The molecule has 0 bridgehead atoms. The molecule has 1 aliphatic carbocycles. The largest absolute Gasteiger partial charge is 0.461 e. The van der Waals surface area contributed by atoms with Crippen LogP contribution in [-0.2, 0) is 28.1 Å². The number of nitrogens with two attached hydrogens (primary N) is 1. The van der Waals surface area contributed by atoms with Crippen molar-refractivity contribution in [3.05, 3.63) is 39.0 Å². The fraction of sp³-hybridized carbons (Fsp3) is 0.645. The van der Waals surface area contributed by atoms with Crippen LogP contribution in [0.3, 0.4) is 0 Å². The Bertz CT molecular complexity index is 1430. The number of hydrogen-bond donors (Lipinski definition) is 1. The van der Waals surface area contributed by atoms with Gasteiger partial charge >= 0.3 is 6.01 Å². The van der Waals surface area contributed by atoms with Gasteiger partial charge in [0.1, 0.15) is 30.3 Å². The summed E-state index contributed by atoms with van der Waals surface area (Å²) in [6, 6.07) is 4.35. The number of ether oxygens (including phenoxy) is 3. The monoisotopic (exact) mass is 596 g/mol. The van der Waals surface area contributed by atoms with E-state index in [9.17, 15) is 9.65 Å². The number of hydrogen-bond acceptors (Lipinski definition) is 9.